The number of hydrogen-bond acceptors (Lipinski definition) is 3. The molecule has 116 valence electrons. The largest absolute Gasteiger partial charge is 0.493 e. The molecule has 22 heavy (non-hydrogen) atoms. The monoisotopic (exact) mass is 299 g/mol. The van der Waals surface area contributed by atoms with Gasteiger partial charge in [-0.2, -0.15) is 0 Å². The predicted octanol–water partition coefficient (Wildman–Crippen LogP) is 3.38. The third-order valence-corrected chi connectivity index (χ3v) is 3.38. The van der Waals surface area contributed by atoms with E-state index in [1.54, 1.807) is 16.7 Å². The van der Waals surface area contributed by atoms with Gasteiger partial charge in [0.05, 0.1) is 17.9 Å². The smallest absolute Gasteiger partial charge is 0.261 e. The van der Waals surface area contributed by atoms with Gasteiger partial charge in [-0.25, -0.2) is 0 Å². The molecule has 0 atom stereocenters. The number of ether oxygens (including phenoxy) is 1. The van der Waals surface area contributed by atoms with Gasteiger partial charge < -0.3 is 9.30 Å². The van der Waals surface area contributed by atoms with E-state index in [4.69, 9.17) is 4.74 Å². The van der Waals surface area contributed by atoms with Crippen LogP contribution in [0.2, 0.25) is 0 Å². The molecule has 0 N–H and O–H groups in total. The highest BCUT2D eigenvalue weighted by molar-refractivity contribution is 5.75. The summed E-state index contributed by atoms with van der Waals surface area (Å²) in [5.41, 5.74) is 1.65. The summed E-state index contributed by atoms with van der Waals surface area (Å²) >= 11 is 0. The molecule has 0 radical (unpaired) electrons. The average molecular weight is 299 g/mol. The van der Waals surface area contributed by atoms with Gasteiger partial charge in [-0.3, -0.25) is 9.59 Å². The Labute approximate surface area is 130 Å². The van der Waals surface area contributed by atoms with Crippen molar-refractivity contribution in [2.75, 3.05) is 6.61 Å². The molecule has 0 fully saturated rings. The number of hydrogen-bond donors (Lipinski definition) is 0. The van der Waals surface area contributed by atoms with Gasteiger partial charge >= 0.3 is 0 Å². The SMILES string of the molecule is CCn1c(-c2ccc(OCC(C)C)cc2)ccc(C=O)c1=O. The molecule has 0 saturated heterocycles. The van der Waals surface area contributed by atoms with Crippen molar-refractivity contribution >= 4 is 6.29 Å². The lowest BCUT2D eigenvalue weighted by Gasteiger charge is -2.13. The molecule has 4 heteroatoms. The topological polar surface area (TPSA) is 48.3 Å². The van der Waals surface area contributed by atoms with Crippen LogP contribution in [0.3, 0.4) is 0 Å². The van der Waals surface area contributed by atoms with Crippen molar-refractivity contribution in [1.82, 2.24) is 4.57 Å². The van der Waals surface area contributed by atoms with Crippen LogP contribution < -0.4 is 10.3 Å². The maximum absolute atomic E-state index is 12.2. The minimum atomic E-state index is -0.255. The van der Waals surface area contributed by atoms with E-state index in [2.05, 4.69) is 13.8 Å². The highest BCUT2D eigenvalue weighted by Crippen LogP contribution is 2.22. The predicted molar refractivity (Wildman–Crippen MR) is 87.5 cm³/mol. The Balaban J connectivity index is 2.34. The quantitative estimate of drug-likeness (QED) is 0.768. The van der Waals surface area contributed by atoms with E-state index < -0.39 is 0 Å². The molecule has 0 aliphatic rings. The number of carbonyl (C=O) groups is 1. The molecule has 0 aliphatic carbocycles. The fourth-order valence-corrected chi connectivity index (χ4v) is 2.24. The lowest BCUT2D eigenvalue weighted by molar-refractivity contribution is 0.112. The molecule has 0 saturated carbocycles. The molecule has 1 aromatic carbocycles. The molecule has 0 aliphatic heterocycles. The Morgan fingerprint density at radius 1 is 1.14 bits per heavy atom. The Hall–Kier alpha value is -2.36. The number of aromatic nitrogens is 1. The summed E-state index contributed by atoms with van der Waals surface area (Å²) in [6.07, 6.45) is 0.598. The standard InChI is InChI=1S/C18H21NO3/c1-4-19-17(10-7-15(11-20)18(19)21)14-5-8-16(9-6-14)22-12-13(2)3/h5-11,13H,4,12H2,1-3H3. The van der Waals surface area contributed by atoms with Crippen LogP contribution in [0.15, 0.2) is 41.2 Å². The number of nitrogens with zero attached hydrogens (tertiary/aromatic N) is 1. The van der Waals surface area contributed by atoms with Crippen molar-refractivity contribution in [2.45, 2.75) is 27.3 Å². The first-order chi connectivity index (χ1) is 10.6. The van der Waals surface area contributed by atoms with Crippen molar-refractivity contribution in [3.8, 4) is 17.0 Å². The molecule has 0 amide bonds. The molecule has 0 bridgehead atoms. The Morgan fingerprint density at radius 3 is 2.36 bits per heavy atom. The van der Waals surface area contributed by atoms with Crippen LogP contribution in [0.4, 0.5) is 0 Å². The lowest BCUT2D eigenvalue weighted by Crippen LogP contribution is -2.24. The van der Waals surface area contributed by atoms with E-state index in [0.717, 1.165) is 17.0 Å². The molecule has 1 heterocycles. The van der Waals surface area contributed by atoms with Crippen LogP contribution in [-0.4, -0.2) is 17.5 Å². The maximum atomic E-state index is 12.2. The normalized spacial score (nSPS) is 10.7. The summed E-state index contributed by atoms with van der Waals surface area (Å²) in [5, 5.41) is 0. The van der Waals surface area contributed by atoms with Crippen LogP contribution in [0, 0.1) is 5.92 Å². The van der Waals surface area contributed by atoms with Gasteiger partial charge in [0.15, 0.2) is 6.29 Å². The second kappa shape index (κ2) is 7.07. The minimum absolute atomic E-state index is 0.183. The third kappa shape index (κ3) is 3.45. The number of rotatable bonds is 6. The Kier molecular flexibility index (Phi) is 5.15. The minimum Gasteiger partial charge on any atom is -0.493 e. The molecule has 0 unspecified atom stereocenters. The highest BCUT2D eigenvalue weighted by atomic mass is 16.5. The summed E-state index contributed by atoms with van der Waals surface area (Å²) in [5.74, 6) is 1.29. The lowest BCUT2D eigenvalue weighted by atomic mass is 10.1. The zero-order valence-electron chi connectivity index (χ0n) is 13.2. The molecule has 1 aromatic heterocycles. The average Bonchev–Trinajstić information content (AvgIpc) is 2.53. The van der Waals surface area contributed by atoms with Crippen molar-refractivity contribution in [3.63, 3.8) is 0 Å². The second-order valence-electron chi connectivity index (χ2n) is 5.57. The van der Waals surface area contributed by atoms with E-state index in [1.165, 1.54) is 0 Å². The van der Waals surface area contributed by atoms with Crippen molar-refractivity contribution in [3.05, 3.63) is 52.3 Å². The van der Waals surface area contributed by atoms with Crippen LogP contribution in [0.5, 0.6) is 5.75 Å². The molecule has 2 aromatic rings. The highest BCUT2D eigenvalue weighted by Gasteiger charge is 2.09. The Morgan fingerprint density at radius 2 is 1.82 bits per heavy atom. The summed E-state index contributed by atoms with van der Waals surface area (Å²) in [7, 11) is 0. The first-order valence-electron chi connectivity index (χ1n) is 7.49. The maximum Gasteiger partial charge on any atom is 0.261 e. The van der Waals surface area contributed by atoms with Crippen LogP contribution in [-0.2, 0) is 6.54 Å². The van der Waals surface area contributed by atoms with E-state index in [9.17, 15) is 9.59 Å². The number of carbonyl (C=O) groups excluding carboxylic acids is 1. The van der Waals surface area contributed by atoms with Gasteiger partial charge in [-0.15, -0.1) is 0 Å². The third-order valence-electron chi connectivity index (χ3n) is 3.38. The molecule has 0 spiro atoms. The summed E-state index contributed by atoms with van der Waals surface area (Å²) in [4.78, 5) is 23.1. The van der Waals surface area contributed by atoms with Gasteiger partial charge in [0, 0.05) is 6.54 Å². The van der Waals surface area contributed by atoms with Gasteiger partial charge in [-0.1, -0.05) is 13.8 Å². The fourth-order valence-electron chi connectivity index (χ4n) is 2.24. The molecule has 2 rings (SSSR count). The van der Waals surface area contributed by atoms with Crippen LogP contribution in [0.25, 0.3) is 11.3 Å². The summed E-state index contributed by atoms with van der Waals surface area (Å²) < 4.78 is 7.27. The van der Waals surface area contributed by atoms with Gasteiger partial charge in [0.2, 0.25) is 0 Å². The van der Waals surface area contributed by atoms with Crippen LogP contribution in [0.1, 0.15) is 31.1 Å². The van der Waals surface area contributed by atoms with Crippen molar-refractivity contribution in [1.29, 1.82) is 0 Å². The zero-order chi connectivity index (χ0) is 16.1. The number of pyridine rings is 1. The first-order valence-corrected chi connectivity index (χ1v) is 7.49. The van der Waals surface area contributed by atoms with E-state index in [1.807, 2.05) is 31.2 Å². The van der Waals surface area contributed by atoms with E-state index in [0.29, 0.717) is 25.4 Å². The molecular formula is C18H21NO3. The molecule has 4 nitrogen and oxygen atoms in total. The zero-order valence-corrected chi connectivity index (χ0v) is 13.2. The van der Waals surface area contributed by atoms with E-state index >= 15 is 0 Å². The molecular weight excluding hydrogens is 278 g/mol. The second-order valence-corrected chi connectivity index (χ2v) is 5.57. The first kappa shape index (κ1) is 16.0. The number of aldehydes is 1. The number of benzene rings is 1. The van der Waals surface area contributed by atoms with Gasteiger partial charge in [-0.05, 0) is 54.8 Å². The summed E-state index contributed by atoms with van der Waals surface area (Å²) in [6, 6.07) is 11.0. The Bertz CT molecular complexity index is 699. The van der Waals surface area contributed by atoms with Crippen molar-refractivity contribution in [2.24, 2.45) is 5.92 Å². The van der Waals surface area contributed by atoms with Gasteiger partial charge in [0.1, 0.15) is 5.75 Å². The van der Waals surface area contributed by atoms with Crippen LogP contribution >= 0.6 is 0 Å². The van der Waals surface area contributed by atoms with Gasteiger partial charge in [0.25, 0.3) is 5.56 Å². The summed E-state index contributed by atoms with van der Waals surface area (Å²) in [6.45, 7) is 7.28. The van der Waals surface area contributed by atoms with Crippen molar-refractivity contribution < 1.29 is 9.53 Å². The fraction of sp³-hybridized carbons (Fsp3) is 0.333. The van der Waals surface area contributed by atoms with E-state index in [-0.39, 0.29) is 11.1 Å².